The maximum Gasteiger partial charge on any atom is 0.120 e. The highest BCUT2D eigenvalue weighted by Gasteiger charge is 2.22. The van der Waals surface area contributed by atoms with Crippen molar-refractivity contribution in [2.45, 2.75) is 19.3 Å². The molecular formula is C11H15NO. The Balaban J connectivity index is 2.15. The van der Waals surface area contributed by atoms with Gasteiger partial charge in [-0.25, -0.2) is 0 Å². The highest BCUT2D eigenvalue weighted by atomic mass is 16.5. The van der Waals surface area contributed by atoms with Gasteiger partial charge < -0.3 is 10.5 Å². The van der Waals surface area contributed by atoms with Crippen molar-refractivity contribution in [1.29, 1.82) is 0 Å². The lowest BCUT2D eigenvalue weighted by Crippen LogP contribution is -1.96. The lowest BCUT2D eigenvalue weighted by Gasteiger charge is -2.06. The third kappa shape index (κ3) is 1.94. The van der Waals surface area contributed by atoms with E-state index in [9.17, 15) is 0 Å². The van der Waals surface area contributed by atoms with Crippen LogP contribution in [-0.2, 0) is 6.42 Å². The molecular weight excluding hydrogens is 162 g/mol. The summed E-state index contributed by atoms with van der Waals surface area (Å²) in [4.78, 5) is 0. The third-order valence-corrected chi connectivity index (χ3v) is 2.56. The molecule has 0 aromatic heterocycles. The van der Waals surface area contributed by atoms with Crippen molar-refractivity contribution in [2.75, 3.05) is 12.8 Å². The van der Waals surface area contributed by atoms with Crippen molar-refractivity contribution in [3.05, 3.63) is 23.8 Å². The number of rotatable bonds is 3. The van der Waals surface area contributed by atoms with E-state index in [0.29, 0.717) is 0 Å². The first-order chi connectivity index (χ1) is 6.29. The molecule has 2 nitrogen and oxygen atoms in total. The van der Waals surface area contributed by atoms with E-state index in [-0.39, 0.29) is 0 Å². The first-order valence-corrected chi connectivity index (χ1v) is 4.72. The van der Waals surface area contributed by atoms with Gasteiger partial charge in [0.15, 0.2) is 0 Å². The summed E-state index contributed by atoms with van der Waals surface area (Å²) >= 11 is 0. The zero-order chi connectivity index (χ0) is 9.26. The van der Waals surface area contributed by atoms with Gasteiger partial charge in [-0.15, -0.1) is 0 Å². The largest absolute Gasteiger partial charge is 0.497 e. The second kappa shape index (κ2) is 3.29. The fourth-order valence-electron chi connectivity index (χ4n) is 1.52. The van der Waals surface area contributed by atoms with E-state index in [1.165, 1.54) is 18.4 Å². The van der Waals surface area contributed by atoms with E-state index in [0.717, 1.165) is 23.8 Å². The molecule has 0 saturated heterocycles. The van der Waals surface area contributed by atoms with Crippen LogP contribution in [0, 0.1) is 5.92 Å². The minimum atomic E-state index is 0.844. The smallest absolute Gasteiger partial charge is 0.120 e. The second-order valence-electron chi connectivity index (χ2n) is 3.71. The van der Waals surface area contributed by atoms with Crippen LogP contribution in [0.3, 0.4) is 0 Å². The summed E-state index contributed by atoms with van der Waals surface area (Å²) in [7, 11) is 1.66. The average molecular weight is 177 g/mol. The molecule has 13 heavy (non-hydrogen) atoms. The van der Waals surface area contributed by atoms with Crippen LogP contribution in [0.1, 0.15) is 18.4 Å². The van der Waals surface area contributed by atoms with Gasteiger partial charge in [-0.3, -0.25) is 0 Å². The van der Waals surface area contributed by atoms with Crippen LogP contribution in [0.2, 0.25) is 0 Å². The number of anilines is 1. The minimum absolute atomic E-state index is 0.844. The molecule has 2 rings (SSSR count). The summed E-state index contributed by atoms with van der Waals surface area (Å²) in [6.07, 6.45) is 3.87. The number of nitrogens with two attached hydrogens (primary N) is 1. The molecule has 0 aliphatic heterocycles. The van der Waals surface area contributed by atoms with Crippen LogP contribution >= 0.6 is 0 Å². The molecule has 1 saturated carbocycles. The molecule has 2 heteroatoms. The summed E-state index contributed by atoms with van der Waals surface area (Å²) < 4.78 is 5.09. The Morgan fingerprint density at radius 1 is 1.46 bits per heavy atom. The molecule has 0 radical (unpaired) electrons. The van der Waals surface area contributed by atoms with Gasteiger partial charge in [0.2, 0.25) is 0 Å². The van der Waals surface area contributed by atoms with Crippen molar-refractivity contribution in [3.8, 4) is 5.75 Å². The normalized spacial score (nSPS) is 15.8. The average Bonchev–Trinajstić information content (AvgIpc) is 2.92. The van der Waals surface area contributed by atoms with Gasteiger partial charge >= 0.3 is 0 Å². The SMILES string of the molecule is COc1ccc(CC2CC2)c(N)c1. The lowest BCUT2D eigenvalue weighted by molar-refractivity contribution is 0.415. The summed E-state index contributed by atoms with van der Waals surface area (Å²) in [6.45, 7) is 0. The van der Waals surface area contributed by atoms with Gasteiger partial charge in [0.25, 0.3) is 0 Å². The van der Waals surface area contributed by atoms with Crippen molar-refractivity contribution in [3.63, 3.8) is 0 Å². The Bertz CT molecular complexity index is 305. The summed E-state index contributed by atoms with van der Waals surface area (Å²) in [5.41, 5.74) is 8.03. The zero-order valence-electron chi connectivity index (χ0n) is 7.92. The number of hydrogen-bond donors (Lipinski definition) is 1. The van der Waals surface area contributed by atoms with Crippen LogP contribution in [0.15, 0.2) is 18.2 Å². The van der Waals surface area contributed by atoms with E-state index in [4.69, 9.17) is 10.5 Å². The Morgan fingerprint density at radius 3 is 2.77 bits per heavy atom. The fourth-order valence-corrected chi connectivity index (χ4v) is 1.52. The van der Waals surface area contributed by atoms with Gasteiger partial charge in [0.1, 0.15) is 5.75 Å². The topological polar surface area (TPSA) is 35.2 Å². The molecule has 0 amide bonds. The Kier molecular flexibility index (Phi) is 2.13. The van der Waals surface area contributed by atoms with Gasteiger partial charge in [0, 0.05) is 11.8 Å². The van der Waals surface area contributed by atoms with Gasteiger partial charge in [0.05, 0.1) is 7.11 Å². The molecule has 1 aliphatic carbocycles. The number of nitrogen functional groups attached to an aromatic ring is 1. The molecule has 0 heterocycles. The second-order valence-corrected chi connectivity index (χ2v) is 3.71. The van der Waals surface area contributed by atoms with Crippen molar-refractivity contribution in [2.24, 2.45) is 5.92 Å². The summed E-state index contributed by atoms with van der Waals surface area (Å²) in [5, 5.41) is 0. The number of benzene rings is 1. The predicted octanol–water partition coefficient (Wildman–Crippen LogP) is 2.23. The lowest BCUT2D eigenvalue weighted by atomic mass is 10.1. The van der Waals surface area contributed by atoms with Crippen LogP contribution in [0.5, 0.6) is 5.75 Å². The van der Waals surface area contributed by atoms with Gasteiger partial charge in [-0.1, -0.05) is 6.07 Å². The van der Waals surface area contributed by atoms with E-state index >= 15 is 0 Å². The standard InChI is InChI=1S/C11H15NO/c1-13-10-5-4-9(11(12)7-10)6-8-2-3-8/h4-5,7-8H,2-3,6,12H2,1H3. The van der Waals surface area contributed by atoms with Crippen molar-refractivity contribution < 1.29 is 4.74 Å². The minimum Gasteiger partial charge on any atom is -0.497 e. The number of ether oxygens (including phenoxy) is 1. The molecule has 1 aliphatic rings. The molecule has 0 bridgehead atoms. The van der Waals surface area contributed by atoms with Crippen LogP contribution < -0.4 is 10.5 Å². The van der Waals surface area contributed by atoms with Crippen LogP contribution in [-0.4, -0.2) is 7.11 Å². The maximum atomic E-state index is 5.89. The maximum absolute atomic E-state index is 5.89. The molecule has 0 unspecified atom stereocenters. The monoisotopic (exact) mass is 177 g/mol. The van der Waals surface area contributed by atoms with E-state index < -0.39 is 0 Å². The molecule has 0 spiro atoms. The summed E-state index contributed by atoms with van der Waals surface area (Å²) in [6, 6.07) is 5.96. The van der Waals surface area contributed by atoms with Crippen molar-refractivity contribution >= 4 is 5.69 Å². The first-order valence-electron chi connectivity index (χ1n) is 4.72. The molecule has 1 fully saturated rings. The van der Waals surface area contributed by atoms with Crippen LogP contribution in [0.4, 0.5) is 5.69 Å². The van der Waals surface area contributed by atoms with Crippen LogP contribution in [0.25, 0.3) is 0 Å². The highest BCUT2D eigenvalue weighted by molar-refractivity contribution is 5.51. The fraction of sp³-hybridized carbons (Fsp3) is 0.455. The number of methoxy groups -OCH3 is 1. The predicted molar refractivity (Wildman–Crippen MR) is 53.8 cm³/mol. The number of hydrogen-bond acceptors (Lipinski definition) is 2. The van der Waals surface area contributed by atoms with E-state index in [1.807, 2.05) is 12.1 Å². The first kappa shape index (κ1) is 8.42. The van der Waals surface area contributed by atoms with E-state index in [1.54, 1.807) is 7.11 Å². The molecule has 1 aromatic carbocycles. The Morgan fingerprint density at radius 2 is 2.23 bits per heavy atom. The molecule has 70 valence electrons. The Hall–Kier alpha value is -1.18. The molecule has 2 N–H and O–H groups in total. The molecule has 0 atom stereocenters. The summed E-state index contributed by atoms with van der Waals surface area (Å²) in [5.74, 6) is 1.73. The van der Waals surface area contributed by atoms with Crippen molar-refractivity contribution in [1.82, 2.24) is 0 Å². The highest BCUT2D eigenvalue weighted by Crippen LogP contribution is 2.34. The zero-order valence-corrected chi connectivity index (χ0v) is 7.92. The van der Waals surface area contributed by atoms with Gasteiger partial charge in [-0.2, -0.15) is 0 Å². The Labute approximate surface area is 78.7 Å². The van der Waals surface area contributed by atoms with Gasteiger partial charge in [-0.05, 0) is 36.8 Å². The van der Waals surface area contributed by atoms with E-state index in [2.05, 4.69) is 6.07 Å². The molecule has 1 aromatic rings. The quantitative estimate of drug-likeness (QED) is 0.718. The third-order valence-electron chi connectivity index (χ3n) is 2.56.